The molecular weight excluding hydrogens is 340 g/mol. The van der Waals surface area contributed by atoms with Crippen molar-refractivity contribution in [2.24, 2.45) is 0 Å². The number of pyridine rings is 1. The number of aryl methyl sites for hydroxylation is 2. The van der Waals surface area contributed by atoms with E-state index in [2.05, 4.69) is 25.4 Å². The minimum absolute atomic E-state index is 0.286. The smallest absolute Gasteiger partial charge is 0.261 e. The fraction of sp³-hybridized carbons (Fsp3) is 0.150. The van der Waals surface area contributed by atoms with Crippen molar-refractivity contribution < 1.29 is 4.79 Å². The van der Waals surface area contributed by atoms with Crippen LogP contribution in [-0.4, -0.2) is 30.6 Å². The molecule has 134 valence electrons. The third kappa shape index (κ3) is 3.27. The lowest BCUT2D eigenvalue weighted by atomic mass is 10.2. The fourth-order valence-corrected chi connectivity index (χ4v) is 2.99. The largest absolute Gasteiger partial charge is 0.290 e. The molecule has 7 nitrogen and oxygen atoms in total. The van der Waals surface area contributed by atoms with Gasteiger partial charge in [-0.25, -0.2) is 19.6 Å². The zero-order valence-electron chi connectivity index (χ0n) is 15.3. The van der Waals surface area contributed by atoms with E-state index in [0.717, 1.165) is 22.3 Å². The number of nitrogens with one attached hydrogen (secondary N) is 1. The Morgan fingerprint density at radius 2 is 1.70 bits per heavy atom. The molecule has 0 fully saturated rings. The van der Waals surface area contributed by atoms with Gasteiger partial charge >= 0.3 is 0 Å². The molecule has 4 rings (SSSR count). The van der Waals surface area contributed by atoms with Gasteiger partial charge in [0, 0.05) is 16.8 Å². The Morgan fingerprint density at radius 3 is 2.48 bits per heavy atom. The second kappa shape index (κ2) is 6.60. The van der Waals surface area contributed by atoms with Gasteiger partial charge in [0.25, 0.3) is 5.91 Å². The summed E-state index contributed by atoms with van der Waals surface area (Å²) in [5.74, 6) is 0.644. The van der Waals surface area contributed by atoms with E-state index >= 15 is 0 Å². The monoisotopic (exact) mass is 358 g/mol. The number of para-hydroxylation sites is 1. The van der Waals surface area contributed by atoms with Crippen molar-refractivity contribution in [2.45, 2.75) is 20.8 Å². The van der Waals surface area contributed by atoms with Gasteiger partial charge in [0.15, 0.2) is 5.82 Å². The second-order valence-corrected chi connectivity index (χ2v) is 6.35. The number of fused-ring (bicyclic) bond motifs is 1. The van der Waals surface area contributed by atoms with Crippen LogP contribution in [0.1, 0.15) is 27.4 Å². The van der Waals surface area contributed by atoms with Gasteiger partial charge in [0.05, 0.1) is 23.0 Å². The van der Waals surface area contributed by atoms with E-state index in [4.69, 9.17) is 0 Å². The number of amides is 1. The van der Waals surface area contributed by atoms with Gasteiger partial charge < -0.3 is 0 Å². The number of anilines is 1. The van der Waals surface area contributed by atoms with Crippen LogP contribution in [-0.2, 0) is 0 Å². The zero-order chi connectivity index (χ0) is 19.0. The molecule has 0 bridgehead atoms. The first-order valence-electron chi connectivity index (χ1n) is 8.56. The summed E-state index contributed by atoms with van der Waals surface area (Å²) in [5, 5.41) is 8.14. The molecule has 1 amide bonds. The van der Waals surface area contributed by atoms with E-state index < -0.39 is 0 Å². The van der Waals surface area contributed by atoms with E-state index in [9.17, 15) is 4.79 Å². The fourth-order valence-electron chi connectivity index (χ4n) is 2.99. The zero-order valence-corrected chi connectivity index (χ0v) is 15.3. The third-order valence-electron chi connectivity index (χ3n) is 4.26. The number of carbonyl (C=O) groups is 1. The van der Waals surface area contributed by atoms with Gasteiger partial charge in [-0.2, -0.15) is 5.10 Å². The predicted octanol–water partition coefficient (Wildman–Crippen LogP) is 3.39. The quantitative estimate of drug-likeness (QED) is 0.607. The minimum atomic E-state index is -0.301. The molecule has 3 heterocycles. The summed E-state index contributed by atoms with van der Waals surface area (Å²) < 4.78 is 1.66. The lowest BCUT2D eigenvalue weighted by Gasteiger charge is -2.07. The number of hydrogen-bond acceptors (Lipinski definition) is 5. The first-order chi connectivity index (χ1) is 13.0. The molecule has 0 unspecified atom stereocenters. The lowest BCUT2D eigenvalue weighted by Crippen LogP contribution is -2.16. The molecule has 1 aromatic carbocycles. The first kappa shape index (κ1) is 16.8. The number of carbonyl (C=O) groups excluding carboxylic acids is 1. The normalized spacial score (nSPS) is 10.9. The molecule has 3 aromatic heterocycles. The Balaban J connectivity index is 1.65. The average molecular weight is 358 g/mol. The maximum Gasteiger partial charge on any atom is 0.261 e. The number of aromatic nitrogens is 5. The molecule has 27 heavy (non-hydrogen) atoms. The highest BCUT2D eigenvalue weighted by Crippen LogP contribution is 2.18. The van der Waals surface area contributed by atoms with Crippen LogP contribution in [0.2, 0.25) is 0 Å². The molecule has 0 radical (unpaired) electrons. The Labute approximate surface area is 156 Å². The van der Waals surface area contributed by atoms with E-state index in [1.807, 2.05) is 63.2 Å². The maximum atomic E-state index is 12.6. The SMILES string of the molecule is Cc1cc(C)nc(NC(=O)c2cnn(-c3ccc4ccccc4n3)c2C)n1. The number of rotatable bonds is 3. The second-order valence-electron chi connectivity index (χ2n) is 6.35. The topological polar surface area (TPSA) is 85.6 Å². The predicted molar refractivity (Wildman–Crippen MR) is 103 cm³/mol. The number of benzene rings is 1. The summed E-state index contributed by atoms with van der Waals surface area (Å²) in [6, 6.07) is 13.6. The van der Waals surface area contributed by atoms with E-state index in [-0.39, 0.29) is 11.9 Å². The van der Waals surface area contributed by atoms with Crippen molar-refractivity contribution in [2.75, 3.05) is 5.32 Å². The lowest BCUT2D eigenvalue weighted by molar-refractivity contribution is 0.102. The van der Waals surface area contributed by atoms with Crippen molar-refractivity contribution in [1.82, 2.24) is 24.7 Å². The van der Waals surface area contributed by atoms with Gasteiger partial charge in [0.2, 0.25) is 5.95 Å². The van der Waals surface area contributed by atoms with E-state index in [1.54, 1.807) is 4.68 Å². The molecule has 0 saturated heterocycles. The van der Waals surface area contributed by atoms with Crippen LogP contribution >= 0.6 is 0 Å². The third-order valence-corrected chi connectivity index (χ3v) is 4.26. The summed E-state index contributed by atoms with van der Waals surface area (Å²) in [5.41, 5.74) is 3.61. The van der Waals surface area contributed by atoms with Gasteiger partial charge in [0.1, 0.15) is 0 Å². The molecule has 0 spiro atoms. The van der Waals surface area contributed by atoms with Crippen LogP contribution in [0.3, 0.4) is 0 Å². The van der Waals surface area contributed by atoms with Crippen molar-refractivity contribution >= 4 is 22.8 Å². The van der Waals surface area contributed by atoms with Crippen molar-refractivity contribution in [3.63, 3.8) is 0 Å². The highest BCUT2D eigenvalue weighted by molar-refractivity contribution is 6.04. The van der Waals surface area contributed by atoms with Gasteiger partial charge in [-0.1, -0.05) is 18.2 Å². The summed E-state index contributed by atoms with van der Waals surface area (Å²) in [6.07, 6.45) is 1.53. The van der Waals surface area contributed by atoms with Crippen molar-refractivity contribution in [3.8, 4) is 5.82 Å². The standard InChI is InChI=1S/C20H18N6O/c1-12-10-13(2)23-20(22-12)25-19(27)16-11-21-26(14(16)3)18-9-8-15-6-4-5-7-17(15)24-18/h4-11H,1-3H3,(H,22,23,25,27). The summed E-state index contributed by atoms with van der Waals surface area (Å²) in [7, 11) is 0. The van der Waals surface area contributed by atoms with E-state index in [0.29, 0.717) is 17.1 Å². The average Bonchev–Trinajstić information content (AvgIpc) is 3.02. The minimum Gasteiger partial charge on any atom is -0.290 e. The molecule has 1 N–H and O–H groups in total. The molecule has 0 saturated carbocycles. The molecular formula is C20H18N6O. The first-order valence-corrected chi connectivity index (χ1v) is 8.56. The molecule has 7 heteroatoms. The molecule has 0 aliphatic carbocycles. The van der Waals surface area contributed by atoms with Gasteiger partial charge in [-0.15, -0.1) is 0 Å². The summed E-state index contributed by atoms with van der Waals surface area (Å²) in [4.78, 5) is 25.8. The highest BCUT2D eigenvalue weighted by atomic mass is 16.1. The number of hydrogen-bond donors (Lipinski definition) is 1. The van der Waals surface area contributed by atoms with E-state index in [1.165, 1.54) is 6.20 Å². The van der Waals surface area contributed by atoms with Crippen LogP contribution < -0.4 is 5.32 Å². The Morgan fingerprint density at radius 1 is 0.963 bits per heavy atom. The van der Waals surface area contributed by atoms with Crippen LogP contribution in [0.5, 0.6) is 0 Å². The molecule has 4 aromatic rings. The molecule has 0 aliphatic heterocycles. The number of nitrogens with zero attached hydrogens (tertiary/aromatic N) is 5. The van der Waals surface area contributed by atoms with Crippen LogP contribution in [0.25, 0.3) is 16.7 Å². The van der Waals surface area contributed by atoms with Crippen molar-refractivity contribution in [1.29, 1.82) is 0 Å². The molecule has 0 aliphatic rings. The summed E-state index contributed by atoms with van der Waals surface area (Å²) >= 11 is 0. The highest BCUT2D eigenvalue weighted by Gasteiger charge is 2.17. The molecule has 0 atom stereocenters. The van der Waals surface area contributed by atoms with Crippen LogP contribution in [0.15, 0.2) is 48.7 Å². The van der Waals surface area contributed by atoms with Gasteiger partial charge in [-0.3, -0.25) is 10.1 Å². The Hall–Kier alpha value is -3.61. The summed E-state index contributed by atoms with van der Waals surface area (Å²) in [6.45, 7) is 5.55. The van der Waals surface area contributed by atoms with Crippen LogP contribution in [0, 0.1) is 20.8 Å². The Bertz CT molecular complexity index is 1140. The van der Waals surface area contributed by atoms with Crippen molar-refractivity contribution in [3.05, 3.63) is 71.3 Å². The maximum absolute atomic E-state index is 12.6. The van der Waals surface area contributed by atoms with Crippen LogP contribution in [0.4, 0.5) is 5.95 Å². The van der Waals surface area contributed by atoms with Gasteiger partial charge in [-0.05, 0) is 45.0 Å². The Kier molecular flexibility index (Phi) is 4.12.